The summed E-state index contributed by atoms with van der Waals surface area (Å²) in [5.41, 5.74) is 1.27. The van der Waals surface area contributed by atoms with Crippen LogP contribution in [-0.4, -0.2) is 48.8 Å². The van der Waals surface area contributed by atoms with E-state index >= 15 is 0 Å². The molecule has 3 rings (SSSR count). The Labute approximate surface area is 183 Å². The topological polar surface area (TPSA) is 109 Å². The summed E-state index contributed by atoms with van der Waals surface area (Å²) < 4.78 is 10.4. The van der Waals surface area contributed by atoms with Crippen LogP contribution in [0.4, 0.5) is 4.79 Å². The molecule has 9 heteroatoms. The van der Waals surface area contributed by atoms with Crippen LogP contribution in [0.25, 0.3) is 6.08 Å². The van der Waals surface area contributed by atoms with Crippen LogP contribution >= 0.6 is 11.8 Å². The normalized spacial score (nSPS) is 14.5. The first-order valence-electron chi connectivity index (χ1n) is 9.29. The van der Waals surface area contributed by atoms with E-state index in [-0.39, 0.29) is 30.8 Å². The van der Waals surface area contributed by atoms with E-state index in [9.17, 15) is 14.4 Å². The molecule has 1 fully saturated rings. The predicted octanol–water partition coefficient (Wildman–Crippen LogP) is 2.80. The second-order valence-electron chi connectivity index (χ2n) is 6.38. The van der Waals surface area contributed by atoms with E-state index in [1.165, 1.54) is 0 Å². The maximum atomic E-state index is 12.5. The summed E-state index contributed by atoms with van der Waals surface area (Å²) in [5.74, 6) is 0.381. The number of hydrogen-bond donors (Lipinski definition) is 1. The van der Waals surface area contributed by atoms with Crippen molar-refractivity contribution in [2.75, 3.05) is 26.8 Å². The second-order valence-corrected chi connectivity index (χ2v) is 7.37. The largest absolute Gasteiger partial charge is 0.497 e. The molecular weight excluding hydrogens is 418 g/mol. The molecule has 1 aliphatic heterocycles. The zero-order chi connectivity index (χ0) is 22.2. The molecule has 0 atom stereocenters. The van der Waals surface area contributed by atoms with Crippen LogP contribution in [0.2, 0.25) is 0 Å². The Hall–Kier alpha value is -3.77. The monoisotopic (exact) mass is 437 g/mol. The minimum absolute atomic E-state index is 0.0627. The molecular formula is C22H19N3O5S. The molecule has 0 aliphatic carbocycles. The van der Waals surface area contributed by atoms with Gasteiger partial charge in [0.05, 0.1) is 23.6 Å². The molecule has 1 saturated heterocycles. The number of nitrogens with one attached hydrogen (secondary N) is 1. The highest BCUT2D eigenvalue weighted by Crippen LogP contribution is 2.32. The summed E-state index contributed by atoms with van der Waals surface area (Å²) in [5, 5.41) is 11.0. The Balaban J connectivity index is 1.46. The van der Waals surface area contributed by atoms with Gasteiger partial charge in [-0.05, 0) is 59.8 Å². The minimum atomic E-state index is -0.395. The van der Waals surface area contributed by atoms with Gasteiger partial charge in [-0.15, -0.1) is 0 Å². The Morgan fingerprint density at radius 3 is 2.45 bits per heavy atom. The number of benzene rings is 2. The van der Waals surface area contributed by atoms with Crippen molar-refractivity contribution >= 4 is 34.9 Å². The van der Waals surface area contributed by atoms with Crippen LogP contribution in [0.15, 0.2) is 53.4 Å². The number of nitrogens with zero attached hydrogens (tertiary/aromatic N) is 2. The average Bonchev–Trinajstić information content (AvgIpc) is 3.05. The molecule has 31 heavy (non-hydrogen) atoms. The third kappa shape index (κ3) is 5.87. The van der Waals surface area contributed by atoms with E-state index in [1.807, 2.05) is 6.07 Å². The zero-order valence-corrected chi connectivity index (χ0v) is 17.5. The number of amides is 3. The highest BCUT2D eigenvalue weighted by molar-refractivity contribution is 8.18. The molecule has 0 bridgehead atoms. The molecule has 0 aromatic heterocycles. The van der Waals surface area contributed by atoms with Crippen LogP contribution in [0.5, 0.6) is 11.5 Å². The summed E-state index contributed by atoms with van der Waals surface area (Å²) in [6.45, 7) is -0.0399. The van der Waals surface area contributed by atoms with Crippen molar-refractivity contribution in [1.29, 1.82) is 5.26 Å². The van der Waals surface area contributed by atoms with Crippen molar-refractivity contribution in [1.82, 2.24) is 10.2 Å². The molecule has 2 aromatic rings. The number of methoxy groups -OCH3 is 1. The smallest absolute Gasteiger partial charge is 0.293 e. The van der Waals surface area contributed by atoms with Crippen molar-refractivity contribution in [3.05, 3.63) is 64.6 Å². The SMILES string of the molecule is COc1ccc(C=C2SC(=O)N(CCNC(=O)COc3ccc(C#N)cc3)C2=O)cc1. The third-order valence-corrected chi connectivity index (χ3v) is 5.21. The fraction of sp³-hybridized carbons (Fsp3) is 0.182. The lowest BCUT2D eigenvalue weighted by Gasteiger charge is -2.13. The standard InChI is InChI=1S/C22H19N3O5S/c1-29-17-6-2-15(3-7-17)12-19-21(27)25(22(28)31-19)11-10-24-20(26)14-30-18-8-4-16(13-23)5-9-18/h2-9,12H,10-11,14H2,1H3,(H,24,26). The van der Waals surface area contributed by atoms with Gasteiger partial charge in [0.25, 0.3) is 17.1 Å². The van der Waals surface area contributed by atoms with E-state index in [1.54, 1.807) is 61.7 Å². The average molecular weight is 437 g/mol. The number of imide groups is 1. The molecule has 1 heterocycles. The Kier molecular flexibility index (Phi) is 7.30. The van der Waals surface area contributed by atoms with Gasteiger partial charge < -0.3 is 14.8 Å². The summed E-state index contributed by atoms with van der Waals surface area (Å²) >= 11 is 0.863. The molecule has 3 amide bonds. The van der Waals surface area contributed by atoms with Crippen LogP contribution in [0.3, 0.4) is 0 Å². The van der Waals surface area contributed by atoms with Gasteiger partial charge in [0.2, 0.25) is 0 Å². The molecule has 0 saturated carbocycles. The van der Waals surface area contributed by atoms with Crippen molar-refractivity contribution in [2.24, 2.45) is 0 Å². The Bertz CT molecular complexity index is 1040. The van der Waals surface area contributed by atoms with Gasteiger partial charge >= 0.3 is 0 Å². The fourth-order valence-corrected chi connectivity index (χ4v) is 3.54. The summed E-state index contributed by atoms with van der Waals surface area (Å²) in [7, 11) is 1.57. The number of carbonyl (C=O) groups excluding carboxylic acids is 3. The lowest BCUT2D eigenvalue weighted by molar-refractivity contribution is -0.125. The van der Waals surface area contributed by atoms with Crippen molar-refractivity contribution in [2.45, 2.75) is 0 Å². The number of hydrogen-bond acceptors (Lipinski definition) is 7. The predicted molar refractivity (Wildman–Crippen MR) is 115 cm³/mol. The number of rotatable bonds is 8. The highest BCUT2D eigenvalue weighted by atomic mass is 32.2. The van der Waals surface area contributed by atoms with Crippen LogP contribution < -0.4 is 14.8 Å². The third-order valence-electron chi connectivity index (χ3n) is 4.30. The summed E-state index contributed by atoms with van der Waals surface area (Å²) in [4.78, 5) is 38.0. The maximum Gasteiger partial charge on any atom is 0.293 e. The van der Waals surface area contributed by atoms with E-state index in [0.29, 0.717) is 22.0 Å². The summed E-state index contributed by atoms with van der Waals surface area (Å²) in [6, 6.07) is 15.5. The number of thioether (sulfide) groups is 1. The molecule has 8 nitrogen and oxygen atoms in total. The molecule has 0 spiro atoms. The molecule has 0 radical (unpaired) electrons. The van der Waals surface area contributed by atoms with Crippen LogP contribution in [0.1, 0.15) is 11.1 Å². The van der Waals surface area contributed by atoms with E-state index in [4.69, 9.17) is 14.7 Å². The first-order chi connectivity index (χ1) is 15.0. The van der Waals surface area contributed by atoms with Gasteiger partial charge in [0.1, 0.15) is 11.5 Å². The van der Waals surface area contributed by atoms with Gasteiger partial charge in [-0.3, -0.25) is 19.3 Å². The van der Waals surface area contributed by atoms with Crippen molar-refractivity contribution in [3.63, 3.8) is 0 Å². The van der Waals surface area contributed by atoms with Crippen LogP contribution in [-0.2, 0) is 9.59 Å². The Morgan fingerprint density at radius 1 is 1.13 bits per heavy atom. The Morgan fingerprint density at radius 2 is 1.81 bits per heavy atom. The summed E-state index contributed by atoms with van der Waals surface area (Å²) in [6.07, 6.45) is 1.65. The van der Waals surface area contributed by atoms with Gasteiger partial charge in [0, 0.05) is 13.1 Å². The zero-order valence-electron chi connectivity index (χ0n) is 16.7. The second kappa shape index (κ2) is 10.3. The van der Waals surface area contributed by atoms with Gasteiger partial charge in [-0.25, -0.2) is 0 Å². The first kappa shape index (κ1) is 21.9. The lowest BCUT2D eigenvalue weighted by atomic mass is 10.2. The maximum absolute atomic E-state index is 12.5. The van der Waals surface area contributed by atoms with E-state index in [2.05, 4.69) is 5.32 Å². The van der Waals surface area contributed by atoms with Gasteiger partial charge in [0.15, 0.2) is 6.61 Å². The fourth-order valence-electron chi connectivity index (χ4n) is 2.68. The molecule has 0 unspecified atom stereocenters. The number of carbonyl (C=O) groups is 3. The quantitative estimate of drug-likeness (QED) is 0.633. The number of nitriles is 1. The number of ether oxygens (including phenoxy) is 2. The first-order valence-corrected chi connectivity index (χ1v) is 10.1. The highest BCUT2D eigenvalue weighted by Gasteiger charge is 2.34. The van der Waals surface area contributed by atoms with Gasteiger partial charge in [-0.2, -0.15) is 5.26 Å². The molecule has 2 aromatic carbocycles. The van der Waals surface area contributed by atoms with E-state index < -0.39 is 5.91 Å². The molecule has 1 aliphatic rings. The minimum Gasteiger partial charge on any atom is -0.497 e. The molecule has 158 valence electrons. The van der Waals surface area contributed by atoms with Crippen molar-refractivity contribution in [3.8, 4) is 17.6 Å². The van der Waals surface area contributed by atoms with Crippen molar-refractivity contribution < 1.29 is 23.9 Å². The van der Waals surface area contributed by atoms with Gasteiger partial charge in [-0.1, -0.05) is 12.1 Å². The van der Waals surface area contributed by atoms with E-state index in [0.717, 1.165) is 22.2 Å². The lowest BCUT2D eigenvalue weighted by Crippen LogP contribution is -2.38. The molecule has 1 N–H and O–H groups in total. The van der Waals surface area contributed by atoms with Crippen LogP contribution in [0, 0.1) is 11.3 Å².